The highest BCUT2D eigenvalue weighted by atomic mass is 16.5. The minimum Gasteiger partial charge on any atom is -0.470 e. The molecule has 0 amide bonds. The Morgan fingerprint density at radius 3 is 2.89 bits per heavy atom. The molecule has 0 bridgehead atoms. The van der Waals surface area contributed by atoms with E-state index in [2.05, 4.69) is 50.8 Å². The third kappa shape index (κ3) is 4.14. The number of fused-ring (bicyclic) bond motifs is 1. The number of aryl methyl sites for hydroxylation is 2. The molecule has 0 saturated carbocycles. The van der Waals surface area contributed by atoms with Crippen LogP contribution in [0.2, 0.25) is 0 Å². The molecule has 3 aromatic heterocycles. The standard InChI is InChI=1S/C21H26N6O/c1-14(16-5-4-15(2)23-8-16)7-22-11-19-12-24-20-6-17(9-25-21(20)28-19)18-10-26-27(3)13-18/h4-6,8-10,13-14,19,22,24H,7,11-12H2,1-3H3. The molecule has 1 aliphatic heterocycles. The summed E-state index contributed by atoms with van der Waals surface area (Å²) in [5.74, 6) is 1.05. The Bertz CT molecular complexity index is 936. The number of hydrogen-bond acceptors (Lipinski definition) is 6. The van der Waals surface area contributed by atoms with Crippen LogP contribution in [-0.4, -0.2) is 45.5 Å². The quantitative estimate of drug-likeness (QED) is 0.687. The van der Waals surface area contributed by atoms with E-state index in [1.165, 1.54) is 5.56 Å². The van der Waals surface area contributed by atoms with Crippen LogP contribution >= 0.6 is 0 Å². The number of anilines is 1. The Hall–Kier alpha value is -2.93. The Morgan fingerprint density at radius 2 is 2.14 bits per heavy atom. The number of aromatic nitrogens is 4. The summed E-state index contributed by atoms with van der Waals surface area (Å²) >= 11 is 0. The highest BCUT2D eigenvalue weighted by Crippen LogP contribution is 2.31. The number of ether oxygens (including phenoxy) is 1. The van der Waals surface area contributed by atoms with Crippen molar-refractivity contribution in [2.45, 2.75) is 25.9 Å². The van der Waals surface area contributed by atoms with Gasteiger partial charge in [0.25, 0.3) is 0 Å². The highest BCUT2D eigenvalue weighted by Gasteiger charge is 2.21. The number of rotatable bonds is 6. The van der Waals surface area contributed by atoms with Crippen LogP contribution in [0.25, 0.3) is 11.1 Å². The lowest BCUT2D eigenvalue weighted by atomic mass is 10.0. The highest BCUT2D eigenvalue weighted by molar-refractivity contribution is 5.69. The Kier molecular flexibility index (Phi) is 5.25. The molecule has 2 atom stereocenters. The molecule has 2 unspecified atom stereocenters. The van der Waals surface area contributed by atoms with E-state index >= 15 is 0 Å². The summed E-state index contributed by atoms with van der Waals surface area (Å²) in [5, 5.41) is 11.2. The second-order valence-electron chi connectivity index (χ2n) is 7.39. The van der Waals surface area contributed by atoms with Gasteiger partial charge in [0.1, 0.15) is 6.10 Å². The van der Waals surface area contributed by atoms with Gasteiger partial charge in [-0.3, -0.25) is 9.67 Å². The smallest absolute Gasteiger partial charge is 0.237 e. The number of pyridine rings is 2. The van der Waals surface area contributed by atoms with Crippen molar-refractivity contribution in [1.82, 2.24) is 25.1 Å². The largest absolute Gasteiger partial charge is 0.470 e. The third-order valence-corrected chi connectivity index (χ3v) is 5.01. The molecule has 2 N–H and O–H groups in total. The van der Waals surface area contributed by atoms with E-state index in [1.807, 2.05) is 38.8 Å². The molecule has 4 heterocycles. The predicted molar refractivity (Wildman–Crippen MR) is 110 cm³/mol. The van der Waals surface area contributed by atoms with Crippen LogP contribution in [0.15, 0.2) is 43.0 Å². The Morgan fingerprint density at radius 1 is 1.25 bits per heavy atom. The molecule has 1 aliphatic rings. The predicted octanol–water partition coefficient (Wildman–Crippen LogP) is 2.75. The summed E-state index contributed by atoms with van der Waals surface area (Å²) in [4.78, 5) is 8.87. The molecular formula is C21H26N6O. The molecule has 7 heteroatoms. The summed E-state index contributed by atoms with van der Waals surface area (Å²) in [6, 6.07) is 6.27. The molecule has 0 aromatic carbocycles. The van der Waals surface area contributed by atoms with Crippen LogP contribution < -0.4 is 15.4 Å². The normalized spacial score (nSPS) is 16.8. The van der Waals surface area contributed by atoms with Crippen molar-refractivity contribution in [3.8, 4) is 17.0 Å². The first-order valence-electron chi connectivity index (χ1n) is 9.61. The van der Waals surface area contributed by atoms with E-state index in [1.54, 1.807) is 4.68 Å². The topological polar surface area (TPSA) is 76.9 Å². The summed E-state index contributed by atoms with van der Waals surface area (Å²) in [5.41, 5.74) is 5.29. The van der Waals surface area contributed by atoms with Crippen molar-refractivity contribution in [3.63, 3.8) is 0 Å². The van der Waals surface area contributed by atoms with Crippen molar-refractivity contribution in [2.24, 2.45) is 7.05 Å². The fraction of sp³-hybridized carbons (Fsp3) is 0.381. The summed E-state index contributed by atoms with van der Waals surface area (Å²) in [7, 11) is 1.91. The molecule has 146 valence electrons. The van der Waals surface area contributed by atoms with Gasteiger partial charge in [-0.05, 0) is 30.5 Å². The molecule has 0 radical (unpaired) electrons. The Balaban J connectivity index is 1.31. The average molecular weight is 378 g/mol. The van der Waals surface area contributed by atoms with Crippen LogP contribution in [0.3, 0.4) is 0 Å². The maximum atomic E-state index is 6.06. The minimum atomic E-state index is 0.0487. The van der Waals surface area contributed by atoms with E-state index in [4.69, 9.17) is 4.74 Å². The van der Waals surface area contributed by atoms with Crippen LogP contribution in [0.5, 0.6) is 5.88 Å². The fourth-order valence-electron chi connectivity index (χ4n) is 3.29. The molecule has 0 fully saturated rings. The Labute approximate surface area is 165 Å². The fourth-order valence-corrected chi connectivity index (χ4v) is 3.29. The first-order chi connectivity index (χ1) is 13.6. The van der Waals surface area contributed by atoms with Gasteiger partial charge in [-0.1, -0.05) is 13.0 Å². The van der Waals surface area contributed by atoms with Gasteiger partial charge >= 0.3 is 0 Å². The molecule has 3 aromatic rings. The van der Waals surface area contributed by atoms with Gasteiger partial charge in [-0.2, -0.15) is 5.10 Å². The maximum absolute atomic E-state index is 6.06. The van der Waals surface area contributed by atoms with Gasteiger partial charge in [0.15, 0.2) is 0 Å². The molecule has 0 spiro atoms. The average Bonchev–Trinajstić information content (AvgIpc) is 3.14. The van der Waals surface area contributed by atoms with Gasteiger partial charge in [-0.25, -0.2) is 4.98 Å². The van der Waals surface area contributed by atoms with Crippen molar-refractivity contribution in [2.75, 3.05) is 25.0 Å². The third-order valence-electron chi connectivity index (χ3n) is 5.01. The lowest BCUT2D eigenvalue weighted by Gasteiger charge is -2.27. The molecular weight excluding hydrogens is 352 g/mol. The van der Waals surface area contributed by atoms with Crippen molar-refractivity contribution in [3.05, 3.63) is 54.2 Å². The summed E-state index contributed by atoms with van der Waals surface area (Å²) in [6.07, 6.45) is 7.66. The molecule has 0 aliphatic carbocycles. The zero-order chi connectivity index (χ0) is 19.5. The van der Waals surface area contributed by atoms with Gasteiger partial charge in [0.2, 0.25) is 5.88 Å². The van der Waals surface area contributed by atoms with Crippen LogP contribution in [0, 0.1) is 6.92 Å². The van der Waals surface area contributed by atoms with Gasteiger partial charge in [-0.15, -0.1) is 0 Å². The molecule has 7 nitrogen and oxygen atoms in total. The summed E-state index contributed by atoms with van der Waals surface area (Å²) < 4.78 is 7.85. The van der Waals surface area contributed by atoms with Crippen LogP contribution in [0.4, 0.5) is 5.69 Å². The molecule has 4 rings (SSSR count). The maximum Gasteiger partial charge on any atom is 0.237 e. The summed E-state index contributed by atoms with van der Waals surface area (Å²) in [6.45, 7) is 6.60. The lowest BCUT2D eigenvalue weighted by Crippen LogP contribution is -2.40. The monoisotopic (exact) mass is 378 g/mol. The number of nitrogens with zero attached hydrogens (tertiary/aromatic N) is 4. The van der Waals surface area contributed by atoms with E-state index in [0.717, 1.165) is 42.1 Å². The zero-order valence-electron chi connectivity index (χ0n) is 16.5. The number of nitrogens with one attached hydrogen (secondary N) is 2. The van der Waals surface area contributed by atoms with Crippen LogP contribution in [-0.2, 0) is 7.05 Å². The van der Waals surface area contributed by atoms with Crippen LogP contribution in [0.1, 0.15) is 24.1 Å². The first-order valence-corrected chi connectivity index (χ1v) is 9.61. The molecule has 28 heavy (non-hydrogen) atoms. The first kappa shape index (κ1) is 18.4. The second-order valence-corrected chi connectivity index (χ2v) is 7.39. The minimum absolute atomic E-state index is 0.0487. The van der Waals surface area contributed by atoms with Gasteiger partial charge in [0, 0.05) is 55.5 Å². The van der Waals surface area contributed by atoms with E-state index < -0.39 is 0 Å². The van der Waals surface area contributed by atoms with Crippen molar-refractivity contribution >= 4 is 5.69 Å². The number of hydrogen-bond donors (Lipinski definition) is 2. The van der Waals surface area contributed by atoms with Gasteiger partial charge in [0.05, 0.1) is 18.4 Å². The van der Waals surface area contributed by atoms with E-state index in [0.29, 0.717) is 11.8 Å². The van der Waals surface area contributed by atoms with Crippen molar-refractivity contribution < 1.29 is 4.74 Å². The van der Waals surface area contributed by atoms with Crippen molar-refractivity contribution in [1.29, 1.82) is 0 Å². The zero-order valence-corrected chi connectivity index (χ0v) is 16.5. The second kappa shape index (κ2) is 7.98. The van der Waals surface area contributed by atoms with Gasteiger partial charge < -0.3 is 15.4 Å². The SMILES string of the molecule is Cc1ccc(C(C)CNCC2CNc3cc(-c4cnn(C)c4)cnc3O2)cn1. The van der Waals surface area contributed by atoms with E-state index in [9.17, 15) is 0 Å². The van der Waals surface area contributed by atoms with E-state index in [-0.39, 0.29) is 6.10 Å². The molecule has 0 saturated heterocycles. The lowest BCUT2D eigenvalue weighted by molar-refractivity contribution is 0.193.